The lowest BCUT2D eigenvalue weighted by atomic mass is 10.1. The van der Waals surface area contributed by atoms with Gasteiger partial charge in [0.05, 0.1) is 5.56 Å². The number of ether oxygens (including phenoxy) is 2. The maximum atomic E-state index is 14.1. The number of benzene rings is 2. The van der Waals surface area contributed by atoms with E-state index in [1.165, 1.54) is 6.07 Å². The molecule has 28 heavy (non-hydrogen) atoms. The molecule has 0 aromatic heterocycles. The van der Waals surface area contributed by atoms with E-state index in [0.29, 0.717) is 0 Å². The number of rotatable bonds is 6. The first-order valence-electron chi connectivity index (χ1n) is 8.25. The molecule has 0 unspecified atom stereocenters. The Bertz CT molecular complexity index is 1000. The highest BCUT2D eigenvalue weighted by Crippen LogP contribution is 2.24. The second kappa shape index (κ2) is 8.87. The summed E-state index contributed by atoms with van der Waals surface area (Å²) < 4.78 is 54.4. The Kier molecular flexibility index (Phi) is 6.78. The summed E-state index contributed by atoms with van der Waals surface area (Å²) in [6.07, 6.45) is 0. The second-order valence-electron chi connectivity index (χ2n) is 6.30. The van der Waals surface area contributed by atoms with Crippen LogP contribution in [0.2, 0.25) is 0 Å². The number of carbonyl (C=O) groups excluding carboxylic acids is 1. The Labute approximate surface area is 163 Å². The van der Waals surface area contributed by atoms with Gasteiger partial charge in [-0.1, -0.05) is 30.0 Å². The van der Waals surface area contributed by atoms with Crippen LogP contribution in [0.4, 0.5) is 4.39 Å². The first kappa shape index (κ1) is 21.4. The smallest absolute Gasteiger partial charge is 0.338 e. The molecular weight excluding hydrogens is 387 g/mol. The largest absolute Gasteiger partial charge is 0.472 e. The molecule has 0 aliphatic rings. The quantitative estimate of drug-likeness (QED) is 0.451. The van der Waals surface area contributed by atoms with Crippen LogP contribution in [0, 0.1) is 17.7 Å². The molecule has 2 rings (SSSR count). The lowest BCUT2D eigenvalue weighted by molar-refractivity contribution is 0.0527. The number of hydrogen-bond acceptors (Lipinski definition) is 5. The van der Waals surface area contributed by atoms with Gasteiger partial charge in [-0.05, 0) is 44.2 Å². The molecule has 0 radical (unpaired) electrons. The fourth-order valence-electron chi connectivity index (χ4n) is 2.08. The van der Waals surface area contributed by atoms with Crippen molar-refractivity contribution in [2.45, 2.75) is 19.4 Å². The molecule has 6 nitrogen and oxygen atoms in total. The predicted molar refractivity (Wildman–Crippen MR) is 101 cm³/mol. The highest BCUT2D eigenvalue weighted by Gasteiger charge is 2.20. The van der Waals surface area contributed by atoms with E-state index in [1.807, 2.05) is 30.3 Å². The van der Waals surface area contributed by atoms with Crippen LogP contribution in [0.1, 0.15) is 29.8 Å². The van der Waals surface area contributed by atoms with Crippen molar-refractivity contribution in [3.63, 3.8) is 0 Å². The van der Waals surface area contributed by atoms with E-state index in [9.17, 15) is 17.6 Å². The number of carbonyl (C=O) groups is 1. The summed E-state index contributed by atoms with van der Waals surface area (Å²) in [6, 6.07) is 12.6. The van der Waals surface area contributed by atoms with Crippen molar-refractivity contribution in [2.24, 2.45) is 0 Å². The van der Waals surface area contributed by atoms with E-state index >= 15 is 0 Å². The zero-order chi connectivity index (χ0) is 20.8. The Hall–Kier alpha value is -2.89. The molecule has 148 valence electrons. The fourth-order valence-corrected chi connectivity index (χ4v) is 2.37. The minimum Gasteiger partial charge on any atom is -0.472 e. The molecule has 2 aromatic carbocycles. The number of halogens is 1. The third-order valence-electron chi connectivity index (χ3n) is 3.39. The molecule has 1 N–H and O–H groups in total. The summed E-state index contributed by atoms with van der Waals surface area (Å²) >= 11 is 0. The van der Waals surface area contributed by atoms with Crippen LogP contribution in [0.3, 0.4) is 0 Å². The maximum Gasteiger partial charge on any atom is 0.338 e. The van der Waals surface area contributed by atoms with Gasteiger partial charge in [0.15, 0.2) is 17.2 Å². The van der Waals surface area contributed by atoms with Gasteiger partial charge in [-0.3, -0.25) is 4.55 Å². The summed E-state index contributed by atoms with van der Waals surface area (Å²) in [6.45, 7) is 2.78. The fraction of sp³-hybridized carbons (Fsp3) is 0.250. The van der Waals surface area contributed by atoms with Crippen LogP contribution in [0.5, 0.6) is 5.75 Å². The van der Waals surface area contributed by atoms with Crippen molar-refractivity contribution >= 4 is 16.1 Å². The molecule has 0 saturated carbocycles. The first-order valence-corrected chi connectivity index (χ1v) is 9.86. The van der Waals surface area contributed by atoms with E-state index in [-0.39, 0.29) is 11.3 Å². The van der Waals surface area contributed by atoms with Crippen molar-refractivity contribution in [3.05, 3.63) is 65.5 Å². The van der Waals surface area contributed by atoms with Gasteiger partial charge < -0.3 is 9.47 Å². The van der Waals surface area contributed by atoms with Crippen LogP contribution in [0.25, 0.3) is 0 Å². The Morgan fingerprint density at radius 2 is 1.86 bits per heavy atom. The molecule has 0 fully saturated rings. The van der Waals surface area contributed by atoms with Gasteiger partial charge >= 0.3 is 5.97 Å². The predicted octanol–water partition coefficient (Wildman–Crippen LogP) is 3.08. The van der Waals surface area contributed by atoms with Gasteiger partial charge in [-0.15, -0.1) is 0 Å². The SMILES string of the molecule is CC(C)(C#Cc1ccccc1)Oc1cc(C(=O)OCCS(=O)(=O)O)ccc1F. The van der Waals surface area contributed by atoms with Crippen LogP contribution >= 0.6 is 0 Å². The normalized spacial score (nSPS) is 11.3. The molecule has 2 aromatic rings. The molecule has 0 aliphatic heterocycles. The molecule has 8 heteroatoms. The van der Waals surface area contributed by atoms with E-state index in [1.54, 1.807) is 13.8 Å². The van der Waals surface area contributed by atoms with Crippen LogP contribution in [-0.2, 0) is 14.9 Å². The Morgan fingerprint density at radius 1 is 1.18 bits per heavy atom. The van der Waals surface area contributed by atoms with Gasteiger partial charge in [0.2, 0.25) is 0 Å². The summed E-state index contributed by atoms with van der Waals surface area (Å²) in [7, 11) is -4.25. The molecule has 0 atom stereocenters. The standard InChI is InChI=1S/C20H19FO6S/c1-20(2,11-10-15-6-4-3-5-7-15)27-18-14-16(8-9-17(18)21)19(22)26-12-13-28(23,24)25/h3-9,14H,12-13H2,1-2H3,(H,23,24,25). The molecule has 0 saturated heterocycles. The van der Waals surface area contributed by atoms with Crippen LogP contribution in [0.15, 0.2) is 48.5 Å². The maximum absolute atomic E-state index is 14.1. The zero-order valence-electron chi connectivity index (χ0n) is 15.3. The highest BCUT2D eigenvalue weighted by molar-refractivity contribution is 7.85. The third-order valence-corrected chi connectivity index (χ3v) is 4.07. The van der Waals surface area contributed by atoms with Crippen molar-refractivity contribution in [3.8, 4) is 17.6 Å². The van der Waals surface area contributed by atoms with Gasteiger partial charge in [0.1, 0.15) is 12.4 Å². The van der Waals surface area contributed by atoms with E-state index < -0.39 is 39.9 Å². The van der Waals surface area contributed by atoms with Crippen molar-refractivity contribution < 1.29 is 31.6 Å². The average molecular weight is 406 g/mol. The van der Waals surface area contributed by atoms with Gasteiger partial charge in [-0.25, -0.2) is 9.18 Å². The van der Waals surface area contributed by atoms with Gasteiger partial charge in [0, 0.05) is 5.56 Å². The summed E-state index contributed by atoms with van der Waals surface area (Å²) in [4.78, 5) is 12.0. The monoisotopic (exact) mass is 406 g/mol. The summed E-state index contributed by atoms with van der Waals surface area (Å²) in [5, 5.41) is 0. The van der Waals surface area contributed by atoms with E-state index in [0.717, 1.165) is 17.7 Å². The topological polar surface area (TPSA) is 89.9 Å². The minimum atomic E-state index is -4.25. The lowest BCUT2D eigenvalue weighted by Gasteiger charge is -2.21. The average Bonchev–Trinajstić information content (AvgIpc) is 2.61. The lowest BCUT2D eigenvalue weighted by Crippen LogP contribution is -2.26. The van der Waals surface area contributed by atoms with Crippen molar-refractivity contribution in [2.75, 3.05) is 12.4 Å². The summed E-state index contributed by atoms with van der Waals surface area (Å²) in [5.74, 6) is 3.34. The second-order valence-corrected chi connectivity index (χ2v) is 7.87. The van der Waals surface area contributed by atoms with E-state index in [4.69, 9.17) is 14.0 Å². The Balaban J connectivity index is 2.12. The van der Waals surface area contributed by atoms with Gasteiger partial charge in [0.25, 0.3) is 10.1 Å². The molecular formula is C20H19FO6S. The van der Waals surface area contributed by atoms with Crippen molar-refractivity contribution in [1.82, 2.24) is 0 Å². The van der Waals surface area contributed by atoms with Crippen molar-refractivity contribution in [1.29, 1.82) is 0 Å². The molecule has 0 bridgehead atoms. The Morgan fingerprint density at radius 3 is 2.50 bits per heavy atom. The van der Waals surface area contributed by atoms with Gasteiger partial charge in [-0.2, -0.15) is 8.42 Å². The minimum absolute atomic E-state index is 0.0291. The van der Waals surface area contributed by atoms with E-state index in [2.05, 4.69) is 11.8 Å². The van der Waals surface area contributed by atoms with Crippen LogP contribution < -0.4 is 4.74 Å². The number of esters is 1. The first-order chi connectivity index (χ1) is 13.1. The molecule has 0 aliphatic carbocycles. The molecule has 0 heterocycles. The number of hydrogen-bond donors (Lipinski definition) is 1. The van der Waals surface area contributed by atoms with Crippen LogP contribution in [-0.4, -0.2) is 36.9 Å². The highest BCUT2D eigenvalue weighted by atomic mass is 32.2. The molecule has 0 spiro atoms. The third kappa shape index (κ3) is 7.02. The molecule has 0 amide bonds. The summed E-state index contributed by atoms with van der Waals surface area (Å²) in [5.41, 5.74) is -0.307. The zero-order valence-corrected chi connectivity index (χ0v) is 16.1.